The topological polar surface area (TPSA) is 89.3 Å². The van der Waals surface area contributed by atoms with Crippen molar-refractivity contribution in [2.75, 3.05) is 0 Å². The molecule has 1 rings (SSSR count). The van der Waals surface area contributed by atoms with E-state index >= 15 is 0 Å². The molecule has 0 atom stereocenters. The van der Waals surface area contributed by atoms with Crippen LogP contribution in [-0.4, -0.2) is 11.1 Å². The summed E-state index contributed by atoms with van der Waals surface area (Å²) in [6.07, 6.45) is 0. The third-order valence-electron chi connectivity index (χ3n) is 1.75. The standard InChI is InChI=1S/C9H12N2O2/c1-9(10,11)7-4-2-6(3-5-7)8(12)13/h2-5H,10-11H2,1H3,(H,12,13). The van der Waals surface area contributed by atoms with Crippen LogP contribution in [0.2, 0.25) is 0 Å². The van der Waals surface area contributed by atoms with Gasteiger partial charge in [-0.05, 0) is 24.6 Å². The normalized spacial score (nSPS) is 11.3. The van der Waals surface area contributed by atoms with Gasteiger partial charge in [0, 0.05) is 0 Å². The monoisotopic (exact) mass is 180 g/mol. The zero-order valence-electron chi connectivity index (χ0n) is 7.32. The van der Waals surface area contributed by atoms with E-state index in [0.717, 1.165) is 0 Å². The summed E-state index contributed by atoms with van der Waals surface area (Å²) in [5.41, 5.74) is 11.2. The molecule has 1 aromatic rings. The average molecular weight is 180 g/mol. The quantitative estimate of drug-likeness (QED) is 0.577. The maximum Gasteiger partial charge on any atom is 0.335 e. The Morgan fingerprint density at radius 3 is 2.08 bits per heavy atom. The molecule has 70 valence electrons. The van der Waals surface area contributed by atoms with Crippen LogP contribution in [0, 0.1) is 0 Å². The van der Waals surface area contributed by atoms with Crippen molar-refractivity contribution in [3.63, 3.8) is 0 Å². The molecule has 1 aromatic carbocycles. The van der Waals surface area contributed by atoms with Crippen molar-refractivity contribution in [3.05, 3.63) is 35.4 Å². The maximum absolute atomic E-state index is 10.5. The van der Waals surface area contributed by atoms with Gasteiger partial charge in [-0.3, -0.25) is 0 Å². The Morgan fingerprint density at radius 2 is 1.77 bits per heavy atom. The third-order valence-corrected chi connectivity index (χ3v) is 1.75. The van der Waals surface area contributed by atoms with E-state index in [1.54, 1.807) is 19.1 Å². The minimum Gasteiger partial charge on any atom is -0.478 e. The molecule has 4 heteroatoms. The molecule has 0 amide bonds. The Hall–Kier alpha value is -1.39. The van der Waals surface area contributed by atoms with E-state index in [4.69, 9.17) is 16.6 Å². The lowest BCUT2D eigenvalue weighted by atomic mass is 10.0. The Balaban J connectivity index is 3.01. The largest absolute Gasteiger partial charge is 0.478 e. The highest BCUT2D eigenvalue weighted by Gasteiger charge is 2.14. The van der Waals surface area contributed by atoms with E-state index in [-0.39, 0.29) is 5.56 Å². The Labute approximate surface area is 76.2 Å². The number of rotatable bonds is 2. The Kier molecular flexibility index (Phi) is 2.36. The molecule has 0 unspecified atom stereocenters. The lowest BCUT2D eigenvalue weighted by Gasteiger charge is -2.18. The second kappa shape index (κ2) is 3.16. The zero-order chi connectivity index (χ0) is 10.1. The van der Waals surface area contributed by atoms with Crippen LogP contribution in [0.5, 0.6) is 0 Å². The van der Waals surface area contributed by atoms with Gasteiger partial charge in [0.2, 0.25) is 0 Å². The fourth-order valence-electron chi connectivity index (χ4n) is 0.972. The Bertz CT molecular complexity index is 311. The molecule has 0 saturated carbocycles. The molecule has 0 heterocycles. The SMILES string of the molecule is CC(N)(N)c1ccc(C(=O)O)cc1. The average Bonchev–Trinajstić information content (AvgIpc) is 2.03. The van der Waals surface area contributed by atoms with Crippen molar-refractivity contribution in [2.45, 2.75) is 12.6 Å². The number of carboxylic acids is 1. The second-order valence-corrected chi connectivity index (χ2v) is 3.17. The second-order valence-electron chi connectivity index (χ2n) is 3.17. The molecule has 5 N–H and O–H groups in total. The van der Waals surface area contributed by atoms with Gasteiger partial charge in [0.1, 0.15) is 0 Å². The van der Waals surface area contributed by atoms with Crippen LogP contribution in [0.25, 0.3) is 0 Å². The number of hydrogen-bond donors (Lipinski definition) is 3. The van der Waals surface area contributed by atoms with Crippen molar-refractivity contribution >= 4 is 5.97 Å². The third kappa shape index (κ3) is 2.27. The van der Waals surface area contributed by atoms with Crippen molar-refractivity contribution in [1.82, 2.24) is 0 Å². The summed E-state index contributed by atoms with van der Waals surface area (Å²) >= 11 is 0. The molecule has 0 saturated heterocycles. The molecule has 0 spiro atoms. The van der Waals surface area contributed by atoms with E-state index in [0.29, 0.717) is 5.56 Å². The maximum atomic E-state index is 10.5. The van der Waals surface area contributed by atoms with Crippen LogP contribution in [0.1, 0.15) is 22.8 Å². The fourth-order valence-corrected chi connectivity index (χ4v) is 0.972. The smallest absolute Gasteiger partial charge is 0.335 e. The van der Waals surface area contributed by atoms with Gasteiger partial charge in [-0.25, -0.2) is 4.79 Å². The first-order valence-corrected chi connectivity index (χ1v) is 3.83. The predicted molar refractivity (Wildman–Crippen MR) is 49.1 cm³/mol. The van der Waals surface area contributed by atoms with Crippen molar-refractivity contribution in [1.29, 1.82) is 0 Å². The van der Waals surface area contributed by atoms with Crippen molar-refractivity contribution in [2.24, 2.45) is 11.5 Å². The number of carbonyl (C=O) groups is 1. The van der Waals surface area contributed by atoms with Gasteiger partial charge in [0.25, 0.3) is 0 Å². The number of carboxylic acid groups (broad SMARTS) is 1. The highest BCUT2D eigenvalue weighted by Crippen LogP contribution is 2.12. The highest BCUT2D eigenvalue weighted by atomic mass is 16.4. The minimum absolute atomic E-state index is 0.230. The van der Waals surface area contributed by atoms with E-state index in [1.807, 2.05) is 0 Å². The molecule has 0 aliphatic rings. The first-order chi connectivity index (χ1) is 5.91. The molecule has 4 nitrogen and oxygen atoms in total. The Morgan fingerprint density at radius 1 is 1.31 bits per heavy atom. The molecule has 0 aromatic heterocycles. The molecule has 0 fully saturated rings. The summed E-state index contributed by atoms with van der Waals surface area (Å²) in [5, 5.41) is 8.62. The summed E-state index contributed by atoms with van der Waals surface area (Å²) in [6.45, 7) is 1.66. The minimum atomic E-state index is -0.956. The lowest BCUT2D eigenvalue weighted by molar-refractivity contribution is 0.0697. The van der Waals surface area contributed by atoms with Crippen LogP contribution in [0.3, 0.4) is 0 Å². The van der Waals surface area contributed by atoms with E-state index in [2.05, 4.69) is 0 Å². The molecule has 0 radical (unpaired) electrons. The lowest BCUT2D eigenvalue weighted by Crippen LogP contribution is -2.42. The molecular formula is C9H12N2O2. The predicted octanol–water partition coefficient (Wildman–Crippen LogP) is 0.475. The summed E-state index contributed by atoms with van der Waals surface area (Å²) < 4.78 is 0. The van der Waals surface area contributed by atoms with Gasteiger partial charge >= 0.3 is 5.97 Å². The first kappa shape index (κ1) is 9.70. The molecule has 0 aliphatic heterocycles. The zero-order valence-corrected chi connectivity index (χ0v) is 7.32. The summed E-state index contributed by atoms with van der Waals surface area (Å²) in [7, 11) is 0. The van der Waals surface area contributed by atoms with Crippen LogP contribution in [0.15, 0.2) is 24.3 Å². The number of aromatic carboxylic acids is 1. The number of nitrogens with two attached hydrogens (primary N) is 2. The van der Waals surface area contributed by atoms with Crippen molar-refractivity contribution in [3.8, 4) is 0 Å². The van der Waals surface area contributed by atoms with Gasteiger partial charge < -0.3 is 16.6 Å². The number of benzene rings is 1. The summed E-state index contributed by atoms with van der Waals surface area (Å²) in [4.78, 5) is 10.5. The molecule has 13 heavy (non-hydrogen) atoms. The van der Waals surface area contributed by atoms with E-state index in [9.17, 15) is 4.79 Å². The van der Waals surface area contributed by atoms with Crippen LogP contribution in [-0.2, 0) is 5.66 Å². The number of hydrogen-bond acceptors (Lipinski definition) is 3. The summed E-state index contributed by atoms with van der Waals surface area (Å²) in [5.74, 6) is -0.956. The van der Waals surface area contributed by atoms with Crippen LogP contribution >= 0.6 is 0 Å². The summed E-state index contributed by atoms with van der Waals surface area (Å²) in [6, 6.07) is 6.19. The van der Waals surface area contributed by atoms with Crippen LogP contribution < -0.4 is 11.5 Å². The highest BCUT2D eigenvalue weighted by molar-refractivity contribution is 5.87. The van der Waals surface area contributed by atoms with Gasteiger partial charge in [-0.2, -0.15) is 0 Å². The van der Waals surface area contributed by atoms with Gasteiger partial charge in [-0.1, -0.05) is 12.1 Å². The van der Waals surface area contributed by atoms with E-state index in [1.165, 1.54) is 12.1 Å². The molecule has 0 bridgehead atoms. The van der Waals surface area contributed by atoms with Crippen LogP contribution in [0.4, 0.5) is 0 Å². The molecule has 0 aliphatic carbocycles. The first-order valence-electron chi connectivity index (χ1n) is 3.83. The van der Waals surface area contributed by atoms with Gasteiger partial charge in [0.05, 0.1) is 11.2 Å². The molecular weight excluding hydrogens is 168 g/mol. The van der Waals surface area contributed by atoms with Gasteiger partial charge in [0.15, 0.2) is 0 Å². The fraction of sp³-hybridized carbons (Fsp3) is 0.222. The van der Waals surface area contributed by atoms with E-state index < -0.39 is 11.6 Å². The van der Waals surface area contributed by atoms with Gasteiger partial charge in [-0.15, -0.1) is 0 Å². The van der Waals surface area contributed by atoms with Crippen molar-refractivity contribution < 1.29 is 9.90 Å².